The molecule has 2 rings (SSSR count). The SMILES string of the molecule is CC1(C)CCCC[C@@H]1NC(=O)Cc1cc[nH]c(=O)c1Br. The lowest BCUT2D eigenvalue weighted by molar-refractivity contribution is -0.122. The average Bonchev–Trinajstić information content (AvgIpc) is 2.37. The van der Waals surface area contributed by atoms with Crippen molar-refractivity contribution in [2.24, 2.45) is 5.41 Å². The van der Waals surface area contributed by atoms with Crippen LogP contribution in [0.5, 0.6) is 0 Å². The number of carbonyl (C=O) groups is 1. The fourth-order valence-electron chi connectivity index (χ4n) is 2.82. The van der Waals surface area contributed by atoms with Gasteiger partial charge in [0.1, 0.15) is 0 Å². The molecule has 0 aromatic carbocycles. The van der Waals surface area contributed by atoms with Gasteiger partial charge in [-0.1, -0.05) is 26.7 Å². The summed E-state index contributed by atoms with van der Waals surface area (Å²) < 4.78 is 0.443. The summed E-state index contributed by atoms with van der Waals surface area (Å²) in [6, 6.07) is 1.99. The van der Waals surface area contributed by atoms with Crippen LogP contribution in [0.15, 0.2) is 21.5 Å². The molecule has 1 aromatic heterocycles. The number of H-pyrrole nitrogens is 1. The molecular formula is C15H21BrN2O2. The Hall–Kier alpha value is -1.10. The van der Waals surface area contributed by atoms with Crippen LogP contribution in [-0.2, 0) is 11.2 Å². The van der Waals surface area contributed by atoms with Gasteiger partial charge in [0.05, 0.1) is 10.9 Å². The molecule has 1 aromatic rings. The van der Waals surface area contributed by atoms with Crippen molar-refractivity contribution >= 4 is 21.8 Å². The number of hydrogen-bond acceptors (Lipinski definition) is 2. The van der Waals surface area contributed by atoms with E-state index in [2.05, 4.69) is 40.1 Å². The Morgan fingerprint density at radius 2 is 2.25 bits per heavy atom. The molecule has 1 heterocycles. The molecule has 1 atom stereocenters. The highest BCUT2D eigenvalue weighted by molar-refractivity contribution is 9.10. The van der Waals surface area contributed by atoms with Gasteiger partial charge in [0.25, 0.3) is 5.56 Å². The summed E-state index contributed by atoms with van der Waals surface area (Å²) in [7, 11) is 0. The van der Waals surface area contributed by atoms with Gasteiger partial charge in [-0.25, -0.2) is 0 Å². The molecule has 1 aliphatic carbocycles. The van der Waals surface area contributed by atoms with E-state index in [-0.39, 0.29) is 29.3 Å². The topological polar surface area (TPSA) is 62.0 Å². The molecule has 1 amide bonds. The predicted molar refractivity (Wildman–Crippen MR) is 82.6 cm³/mol. The molecule has 0 radical (unpaired) electrons. The van der Waals surface area contributed by atoms with Gasteiger partial charge >= 0.3 is 0 Å². The molecule has 0 aliphatic heterocycles. The zero-order valence-corrected chi connectivity index (χ0v) is 13.5. The Labute approximate surface area is 127 Å². The molecular weight excluding hydrogens is 320 g/mol. The minimum absolute atomic E-state index is 0.0173. The summed E-state index contributed by atoms with van der Waals surface area (Å²) in [5, 5.41) is 3.13. The maximum Gasteiger partial charge on any atom is 0.262 e. The minimum Gasteiger partial charge on any atom is -0.353 e. The van der Waals surface area contributed by atoms with Crippen LogP contribution in [0.2, 0.25) is 0 Å². The van der Waals surface area contributed by atoms with Gasteiger partial charge in [-0.3, -0.25) is 9.59 Å². The van der Waals surface area contributed by atoms with Crippen molar-refractivity contribution in [3.05, 3.63) is 32.7 Å². The van der Waals surface area contributed by atoms with E-state index >= 15 is 0 Å². The minimum atomic E-state index is -0.201. The van der Waals surface area contributed by atoms with Gasteiger partial charge in [0.15, 0.2) is 0 Å². The molecule has 5 heteroatoms. The van der Waals surface area contributed by atoms with Gasteiger partial charge in [0.2, 0.25) is 5.91 Å². The van der Waals surface area contributed by atoms with Gasteiger partial charge in [-0.05, 0) is 45.8 Å². The summed E-state index contributed by atoms with van der Waals surface area (Å²) in [6.07, 6.45) is 6.39. The quantitative estimate of drug-likeness (QED) is 0.888. The molecule has 110 valence electrons. The molecule has 20 heavy (non-hydrogen) atoms. The average molecular weight is 341 g/mol. The largest absolute Gasteiger partial charge is 0.353 e. The highest BCUT2D eigenvalue weighted by Crippen LogP contribution is 2.35. The first-order chi connectivity index (χ1) is 9.40. The molecule has 1 fully saturated rings. The molecule has 2 N–H and O–H groups in total. The fraction of sp³-hybridized carbons (Fsp3) is 0.600. The number of rotatable bonds is 3. The number of aromatic amines is 1. The highest BCUT2D eigenvalue weighted by atomic mass is 79.9. The third kappa shape index (κ3) is 3.51. The Morgan fingerprint density at radius 1 is 1.50 bits per heavy atom. The van der Waals surface area contributed by atoms with Crippen LogP contribution in [0.25, 0.3) is 0 Å². The summed E-state index contributed by atoms with van der Waals surface area (Å²) in [5.74, 6) is -0.0173. The normalized spacial score (nSPS) is 21.4. The van der Waals surface area contributed by atoms with Gasteiger partial charge < -0.3 is 10.3 Å². The third-order valence-electron chi connectivity index (χ3n) is 4.17. The second-order valence-corrected chi connectivity index (χ2v) is 6.97. The number of nitrogens with one attached hydrogen (secondary N) is 2. The van der Waals surface area contributed by atoms with Gasteiger partial charge in [0, 0.05) is 12.2 Å². The van der Waals surface area contributed by atoms with E-state index < -0.39 is 0 Å². The zero-order chi connectivity index (χ0) is 14.8. The summed E-state index contributed by atoms with van der Waals surface area (Å²) in [4.78, 5) is 26.2. The van der Waals surface area contributed by atoms with Crippen LogP contribution >= 0.6 is 15.9 Å². The van der Waals surface area contributed by atoms with Crippen molar-refractivity contribution in [2.45, 2.75) is 52.0 Å². The summed E-state index contributed by atoms with van der Waals surface area (Å²) in [6.45, 7) is 4.42. The molecule has 0 unspecified atom stereocenters. The maximum absolute atomic E-state index is 12.2. The highest BCUT2D eigenvalue weighted by Gasteiger charge is 2.33. The van der Waals surface area contributed by atoms with Crippen LogP contribution in [0.3, 0.4) is 0 Å². The van der Waals surface area contributed by atoms with E-state index in [0.29, 0.717) is 4.47 Å². The van der Waals surface area contributed by atoms with Crippen molar-refractivity contribution in [1.82, 2.24) is 10.3 Å². The Kier molecular flexibility index (Phi) is 4.68. The number of carbonyl (C=O) groups excluding carboxylic acids is 1. The van der Waals surface area contributed by atoms with E-state index in [4.69, 9.17) is 0 Å². The van der Waals surface area contributed by atoms with Crippen molar-refractivity contribution < 1.29 is 4.79 Å². The summed E-state index contributed by atoms with van der Waals surface area (Å²) in [5.41, 5.74) is 0.674. The first-order valence-corrected chi connectivity index (χ1v) is 7.85. The number of hydrogen-bond donors (Lipinski definition) is 2. The molecule has 0 bridgehead atoms. The van der Waals surface area contributed by atoms with E-state index in [9.17, 15) is 9.59 Å². The second kappa shape index (κ2) is 6.12. The fourth-order valence-corrected chi connectivity index (χ4v) is 3.20. The Balaban J connectivity index is 2.02. The molecule has 0 saturated heterocycles. The van der Waals surface area contributed by atoms with Crippen LogP contribution in [0.1, 0.15) is 45.1 Å². The lowest BCUT2D eigenvalue weighted by Gasteiger charge is -2.39. The number of aromatic nitrogens is 1. The van der Waals surface area contributed by atoms with Crippen molar-refractivity contribution in [1.29, 1.82) is 0 Å². The van der Waals surface area contributed by atoms with E-state index in [1.807, 2.05) is 0 Å². The molecule has 1 aliphatic rings. The molecule has 1 saturated carbocycles. The number of pyridine rings is 1. The zero-order valence-electron chi connectivity index (χ0n) is 12.0. The van der Waals surface area contributed by atoms with E-state index in [1.54, 1.807) is 12.3 Å². The number of halogens is 1. The number of amides is 1. The van der Waals surface area contributed by atoms with Gasteiger partial charge in [-0.2, -0.15) is 0 Å². The lowest BCUT2D eigenvalue weighted by atomic mass is 9.73. The van der Waals surface area contributed by atoms with Crippen LogP contribution in [-0.4, -0.2) is 16.9 Å². The molecule has 0 spiro atoms. The van der Waals surface area contributed by atoms with E-state index in [0.717, 1.165) is 18.4 Å². The lowest BCUT2D eigenvalue weighted by Crippen LogP contribution is -2.47. The van der Waals surface area contributed by atoms with Gasteiger partial charge in [-0.15, -0.1) is 0 Å². The monoisotopic (exact) mass is 340 g/mol. The van der Waals surface area contributed by atoms with Crippen LogP contribution < -0.4 is 10.9 Å². The Bertz CT molecular complexity index is 551. The first kappa shape index (κ1) is 15.3. The standard InChI is InChI=1S/C15H21BrN2O2/c1-15(2)7-4-3-5-11(15)18-12(19)9-10-6-8-17-14(20)13(10)16/h6,8,11H,3-5,7,9H2,1-2H3,(H,17,20)(H,18,19)/t11-/m0/s1. The van der Waals surface area contributed by atoms with Crippen molar-refractivity contribution in [3.63, 3.8) is 0 Å². The van der Waals surface area contributed by atoms with E-state index in [1.165, 1.54) is 12.8 Å². The second-order valence-electron chi connectivity index (χ2n) is 6.18. The summed E-state index contributed by atoms with van der Waals surface area (Å²) >= 11 is 3.23. The smallest absolute Gasteiger partial charge is 0.262 e. The Morgan fingerprint density at radius 3 is 2.95 bits per heavy atom. The van der Waals surface area contributed by atoms with Crippen molar-refractivity contribution in [3.8, 4) is 0 Å². The first-order valence-electron chi connectivity index (χ1n) is 7.05. The van der Waals surface area contributed by atoms with Crippen LogP contribution in [0, 0.1) is 5.41 Å². The molecule has 4 nitrogen and oxygen atoms in total. The van der Waals surface area contributed by atoms with Crippen molar-refractivity contribution in [2.75, 3.05) is 0 Å². The predicted octanol–water partition coefficient (Wildman–Crippen LogP) is 2.76. The van der Waals surface area contributed by atoms with Crippen LogP contribution in [0.4, 0.5) is 0 Å². The third-order valence-corrected chi connectivity index (χ3v) is 5.04. The maximum atomic E-state index is 12.2.